The maximum Gasteiger partial charge on any atom is 0.238 e. The molecule has 0 bridgehead atoms. The molecule has 0 unspecified atom stereocenters. The van der Waals surface area contributed by atoms with Crippen LogP contribution in [0.2, 0.25) is 0 Å². The number of rotatable bonds is 4. The molecule has 1 aromatic rings. The second-order valence-corrected chi connectivity index (χ2v) is 6.64. The molecular weight excluding hydrogens is 298 g/mol. The highest BCUT2D eigenvalue weighted by molar-refractivity contribution is 7.89. The minimum absolute atomic E-state index is 0.0119. The number of hydrogen-bond donors (Lipinski definition) is 3. The molecule has 0 aliphatic heterocycles. The van der Waals surface area contributed by atoms with Gasteiger partial charge in [-0.2, -0.15) is 0 Å². The van der Waals surface area contributed by atoms with E-state index in [0.29, 0.717) is 12.1 Å². The third kappa shape index (κ3) is 5.64. The van der Waals surface area contributed by atoms with Gasteiger partial charge in [0.05, 0.1) is 4.90 Å². The summed E-state index contributed by atoms with van der Waals surface area (Å²) in [6.45, 7) is 3.87. The van der Waals surface area contributed by atoms with Gasteiger partial charge in [0.25, 0.3) is 0 Å². The van der Waals surface area contributed by atoms with Crippen LogP contribution in [0.15, 0.2) is 29.2 Å². The first-order valence-electron chi connectivity index (χ1n) is 5.92. The number of amides is 1. The lowest BCUT2D eigenvalue weighted by Gasteiger charge is -2.10. The standard InChI is InChI=1S/C12H17N3O3S2/c1-8(2)7-11(16)15-12(19)14-9-3-5-10(6-4-9)20(13,17)18/h3-6,8H,7H2,1-2H3,(H2,13,17,18)(H2,14,15,16,19). The van der Waals surface area contributed by atoms with Gasteiger partial charge >= 0.3 is 0 Å². The second kappa shape index (κ2) is 6.78. The number of hydrogen-bond acceptors (Lipinski definition) is 4. The quantitative estimate of drug-likeness (QED) is 0.725. The number of sulfonamides is 1. The molecular formula is C12H17N3O3S2. The van der Waals surface area contributed by atoms with Crippen LogP contribution in [0.3, 0.4) is 0 Å². The number of benzene rings is 1. The number of nitrogens with two attached hydrogens (primary N) is 1. The molecule has 0 atom stereocenters. The molecule has 0 spiro atoms. The Kier molecular flexibility index (Phi) is 5.61. The van der Waals surface area contributed by atoms with Gasteiger partial charge in [-0.1, -0.05) is 13.8 Å². The van der Waals surface area contributed by atoms with E-state index in [2.05, 4.69) is 10.6 Å². The number of carbonyl (C=O) groups is 1. The highest BCUT2D eigenvalue weighted by Gasteiger charge is 2.09. The predicted octanol–water partition coefficient (Wildman–Crippen LogP) is 1.19. The average molecular weight is 315 g/mol. The van der Waals surface area contributed by atoms with Crippen LogP contribution in [0.25, 0.3) is 0 Å². The van der Waals surface area contributed by atoms with Gasteiger partial charge in [-0.05, 0) is 42.4 Å². The van der Waals surface area contributed by atoms with Gasteiger partial charge in [0.2, 0.25) is 15.9 Å². The van der Waals surface area contributed by atoms with Crippen LogP contribution in [0, 0.1) is 5.92 Å². The minimum atomic E-state index is -3.71. The molecule has 8 heteroatoms. The fourth-order valence-electron chi connectivity index (χ4n) is 1.44. The smallest absolute Gasteiger partial charge is 0.238 e. The molecule has 0 heterocycles. The van der Waals surface area contributed by atoms with E-state index < -0.39 is 10.0 Å². The molecule has 0 aliphatic carbocycles. The third-order valence-electron chi connectivity index (χ3n) is 2.29. The van der Waals surface area contributed by atoms with Gasteiger partial charge in [0, 0.05) is 12.1 Å². The van der Waals surface area contributed by atoms with E-state index in [1.807, 2.05) is 13.8 Å². The van der Waals surface area contributed by atoms with Crippen molar-refractivity contribution in [3.8, 4) is 0 Å². The Morgan fingerprint density at radius 1 is 1.30 bits per heavy atom. The first-order chi connectivity index (χ1) is 9.18. The van der Waals surface area contributed by atoms with Crippen LogP contribution in [-0.4, -0.2) is 19.4 Å². The summed E-state index contributed by atoms with van der Waals surface area (Å²) in [5.41, 5.74) is 0.562. The number of thiocarbonyl (C=S) groups is 1. The molecule has 0 radical (unpaired) electrons. The Bertz CT molecular complexity index is 595. The van der Waals surface area contributed by atoms with Crippen LogP contribution in [-0.2, 0) is 14.8 Å². The molecule has 0 saturated carbocycles. The zero-order chi connectivity index (χ0) is 15.3. The topological polar surface area (TPSA) is 101 Å². The summed E-state index contributed by atoms with van der Waals surface area (Å²) in [4.78, 5) is 11.5. The van der Waals surface area contributed by atoms with Gasteiger partial charge in [0.15, 0.2) is 5.11 Å². The fourth-order valence-corrected chi connectivity index (χ4v) is 2.19. The van der Waals surface area contributed by atoms with Crippen molar-refractivity contribution >= 4 is 38.9 Å². The molecule has 1 amide bonds. The van der Waals surface area contributed by atoms with Crippen LogP contribution in [0.5, 0.6) is 0 Å². The lowest BCUT2D eigenvalue weighted by atomic mass is 10.1. The molecule has 0 saturated heterocycles. The normalized spacial score (nSPS) is 11.2. The molecule has 0 aromatic heterocycles. The summed E-state index contributed by atoms with van der Waals surface area (Å²) < 4.78 is 22.2. The average Bonchev–Trinajstić information content (AvgIpc) is 2.26. The molecule has 20 heavy (non-hydrogen) atoms. The highest BCUT2D eigenvalue weighted by Crippen LogP contribution is 2.12. The number of nitrogens with one attached hydrogen (secondary N) is 2. The van der Waals surface area contributed by atoms with Crippen molar-refractivity contribution in [3.63, 3.8) is 0 Å². The van der Waals surface area contributed by atoms with Crippen LogP contribution in [0.1, 0.15) is 20.3 Å². The van der Waals surface area contributed by atoms with Gasteiger partial charge in [-0.15, -0.1) is 0 Å². The first kappa shape index (κ1) is 16.5. The summed E-state index contributed by atoms with van der Waals surface area (Å²) in [6, 6.07) is 5.74. The van der Waals surface area contributed by atoms with E-state index in [0.717, 1.165) is 0 Å². The second-order valence-electron chi connectivity index (χ2n) is 4.67. The summed E-state index contributed by atoms with van der Waals surface area (Å²) >= 11 is 4.99. The summed E-state index contributed by atoms with van der Waals surface area (Å²) in [5.74, 6) is 0.0745. The van der Waals surface area contributed by atoms with Crippen LogP contribution >= 0.6 is 12.2 Å². The van der Waals surface area contributed by atoms with E-state index in [4.69, 9.17) is 17.4 Å². The largest absolute Gasteiger partial charge is 0.332 e. The SMILES string of the molecule is CC(C)CC(=O)NC(=S)Nc1ccc(S(N)(=O)=O)cc1. The maximum absolute atomic E-state index is 11.5. The Labute approximate surface area is 123 Å². The highest BCUT2D eigenvalue weighted by atomic mass is 32.2. The minimum Gasteiger partial charge on any atom is -0.332 e. The van der Waals surface area contributed by atoms with Gasteiger partial charge in [-0.3, -0.25) is 4.79 Å². The molecule has 0 fully saturated rings. The lowest BCUT2D eigenvalue weighted by Crippen LogP contribution is -2.34. The first-order valence-corrected chi connectivity index (χ1v) is 7.87. The van der Waals surface area contributed by atoms with Crippen molar-refractivity contribution in [1.82, 2.24) is 5.32 Å². The van der Waals surface area contributed by atoms with Gasteiger partial charge in [-0.25, -0.2) is 13.6 Å². The Morgan fingerprint density at radius 3 is 2.30 bits per heavy atom. The van der Waals surface area contributed by atoms with Crippen molar-refractivity contribution in [3.05, 3.63) is 24.3 Å². The Hall–Kier alpha value is -1.51. The van der Waals surface area contributed by atoms with E-state index in [1.54, 1.807) is 0 Å². The van der Waals surface area contributed by atoms with E-state index in [9.17, 15) is 13.2 Å². The molecule has 1 aromatic carbocycles. The summed E-state index contributed by atoms with van der Waals surface area (Å²) in [7, 11) is -3.71. The zero-order valence-corrected chi connectivity index (χ0v) is 12.8. The number of primary sulfonamides is 1. The van der Waals surface area contributed by atoms with Gasteiger partial charge in [0.1, 0.15) is 0 Å². The maximum atomic E-state index is 11.5. The lowest BCUT2D eigenvalue weighted by molar-refractivity contribution is -0.120. The van der Waals surface area contributed by atoms with Crippen molar-refractivity contribution in [2.45, 2.75) is 25.2 Å². The fraction of sp³-hybridized carbons (Fsp3) is 0.333. The molecule has 110 valence electrons. The van der Waals surface area contributed by atoms with E-state index in [1.165, 1.54) is 24.3 Å². The number of anilines is 1. The summed E-state index contributed by atoms with van der Waals surface area (Å²) in [5, 5.41) is 10.5. The third-order valence-corrected chi connectivity index (χ3v) is 3.42. The molecule has 4 N–H and O–H groups in total. The van der Waals surface area contributed by atoms with Gasteiger partial charge < -0.3 is 10.6 Å². The summed E-state index contributed by atoms with van der Waals surface area (Å²) in [6.07, 6.45) is 0.381. The van der Waals surface area contributed by atoms with E-state index >= 15 is 0 Å². The van der Waals surface area contributed by atoms with Crippen molar-refractivity contribution < 1.29 is 13.2 Å². The van der Waals surface area contributed by atoms with E-state index in [-0.39, 0.29) is 21.8 Å². The zero-order valence-electron chi connectivity index (χ0n) is 11.2. The number of carbonyl (C=O) groups excluding carboxylic acids is 1. The van der Waals surface area contributed by atoms with Crippen molar-refractivity contribution in [2.24, 2.45) is 11.1 Å². The molecule has 0 aliphatic rings. The van der Waals surface area contributed by atoms with Crippen molar-refractivity contribution in [1.29, 1.82) is 0 Å². The Morgan fingerprint density at radius 2 is 1.85 bits per heavy atom. The Balaban J connectivity index is 2.61. The predicted molar refractivity (Wildman–Crippen MR) is 81.6 cm³/mol. The van der Waals surface area contributed by atoms with Crippen LogP contribution < -0.4 is 15.8 Å². The van der Waals surface area contributed by atoms with Crippen molar-refractivity contribution in [2.75, 3.05) is 5.32 Å². The monoisotopic (exact) mass is 315 g/mol. The van der Waals surface area contributed by atoms with Crippen LogP contribution in [0.4, 0.5) is 5.69 Å². The molecule has 1 rings (SSSR count). The molecule has 6 nitrogen and oxygen atoms in total.